The van der Waals surface area contributed by atoms with Crippen molar-refractivity contribution in [3.05, 3.63) is 63.1 Å². The number of aliphatic hydroxyl groups is 1. The van der Waals surface area contributed by atoms with Crippen LogP contribution in [0.2, 0.25) is 10.0 Å². The molecule has 0 aromatic heterocycles. The van der Waals surface area contributed by atoms with Gasteiger partial charge in [-0.2, -0.15) is 0 Å². The molecule has 0 bridgehead atoms. The van der Waals surface area contributed by atoms with E-state index in [0.717, 1.165) is 29.0 Å². The molecule has 194 valence electrons. The van der Waals surface area contributed by atoms with Crippen molar-refractivity contribution >= 4 is 35.0 Å². The second-order valence-corrected chi connectivity index (χ2v) is 11.1. The first-order valence-electron chi connectivity index (χ1n) is 12.6. The minimum Gasteiger partial charge on any atom is -0.493 e. The number of piperidine rings is 2. The van der Waals surface area contributed by atoms with Gasteiger partial charge in [0, 0.05) is 53.6 Å². The summed E-state index contributed by atoms with van der Waals surface area (Å²) in [7, 11) is 0. The number of benzene rings is 2. The summed E-state index contributed by atoms with van der Waals surface area (Å²) in [6, 6.07) is 10.7. The second kappa shape index (κ2) is 11.4. The SMILES string of the molecule is Cc1cc(OC[C@]2(CC(=O)N3CCC(O)CC3)CCCN(C(=O)c3ccc(Cl)cc3)C2)cc(C)c1Cl. The Balaban J connectivity index is 1.55. The van der Waals surface area contributed by atoms with Crippen molar-refractivity contribution in [2.24, 2.45) is 5.41 Å². The van der Waals surface area contributed by atoms with E-state index >= 15 is 0 Å². The number of nitrogens with zero attached hydrogens (tertiary/aromatic N) is 2. The third-order valence-corrected chi connectivity index (χ3v) is 8.19. The molecule has 6 nitrogen and oxygen atoms in total. The predicted molar refractivity (Wildman–Crippen MR) is 142 cm³/mol. The number of halogens is 2. The van der Waals surface area contributed by atoms with Gasteiger partial charge in [0.25, 0.3) is 5.91 Å². The number of carbonyl (C=O) groups excluding carboxylic acids is 2. The average Bonchev–Trinajstić information content (AvgIpc) is 2.86. The molecule has 36 heavy (non-hydrogen) atoms. The summed E-state index contributed by atoms with van der Waals surface area (Å²) in [4.78, 5) is 30.4. The molecule has 0 radical (unpaired) electrons. The van der Waals surface area contributed by atoms with Gasteiger partial charge in [0.15, 0.2) is 0 Å². The van der Waals surface area contributed by atoms with Crippen LogP contribution in [0.15, 0.2) is 36.4 Å². The highest BCUT2D eigenvalue weighted by atomic mass is 35.5. The number of ether oxygens (including phenoxy) is 1. The van der Waals surface area contributed by atoms with E-state index in [4.69, 9.17) is 27.9 Å². The third kappa shape index (κ3) is 6.34. The number of rotatable bonds is 6. The van der Waals surface area contributed by atoms with E-state index in [2.05, 4.69) is 0 Å². The minimum atomic E-state index is -0.519. The molecule has 2 aromatic rings. The fourth-order valence-electron chi connectivity index (χ4n) is 5.24. The maximum Gasteiger partial charge on any atom is 0.253 e. The van der Waals surface area contributed by atoms with Gasteiger partial charge in [0.2, 0.25) is 5.91 Å². The highest BCUT2D eigenvalue weighted by Gasteiger charge is 2.41. The van der Waals surface area contributed by atoms with Crippen LogP contribution in [0.5, 0.6) is 5.75 Å². The number of hydrogen-bond donors (Lipinski definition) is 1. The van der Waals surface area contributed by atoms with E-state index in [1.165, 1.54) is 0 Å². The molecule has 8 heteroatoms. The molecule has 2 aliphatic rings. The third-order valence-electron chi connectivity index (χ3n) is 7.34. The molecule has 2 saturated heterocycles. The smallest absolute Gasteiger partial charge is 0.253 e. The maximum absolute atomic E-state index is 13.4. The van der Waals surface area contributed by atoms with Crippen LogP contribution in [0, 0.1) is 19.3 Å². The lowest BCUT2D eigenvalue weighted by molar-refractivity contribution is -0.137. The Labute approximate surface area is 223 Å². The zero-order valence-electron chi connectivity index (χ0n) is 20.9. The highest BCUT2D eigenvalue weighted by Crippen LogP contribution is 2.37. The average molecular weight is 533 g/mol. The molecular weight excluding hydrogens is 499 g/mol. The lowest BCUT2D eigenvalue weighted by Gasteiger charge is -2.43. The van der Waals surface area contributed by atoms with Gasteiger partial charge in [0.05, 0.1) is 12.7 Å². The Morgan fingerprint density at radius 2 is 1.67 bits per heavy atom. The summed E-state index contributed by atoms with van der Waals surface area (Å²) >= 11 is 12.3. The Kier molecular flexibility index (Phi) is 8.48. The summed E-state index contributed by atoms with van der Waals surface area (Å²) in [5, 5.41) is 11.2. The van der Waals surface area contributed by atoms with Crippen molar-refractivity contribution in [1.29, 1.82) is 0 Å². The first-order valence-corrected chi connectivity index (χ1v) is 13.3. The van der Waals surface area contributed by atoms with Crippen molar-refractivity contribution in [2.45, 2.75) is 52.1 Å². The van der Waals surface area contributed by atoms with Crippen LogP contribution >= 0.6 is 23.2 Å². The zero-order chi connectivity index (χ0) is 25.9. The van der Waals surface area contributed by atoms with E-state index in [1.54, 1.807) is 24.3 Å². The van der Waals surface area contributed by atoms with E-state index < -0.39 is 5.41 Å². The molecule has 1 N–H and O–H groups in total. The van der Waals surface area contributed by atoms with E-state index in [0.29, 0.717) is 68.4 Å². The van der Waals surface area contributed by atoms with Gasteiger partial charge in [-0.05, 0) is 87.1 Å². The number of likely N-dealkylation sites (tertiary alicyclic amines) is 2. The van der Waals surface area contributed by atoms with Gasteiger partial charge in [-0.3, -0.25) is 9.59 Å². The predicted octanol–water partition coefficient (Wildman–Crippen LogP) is 5.29. The molecule has 2 amide bonds. The van der Waals surface area contributed by atoms with Crippen molar-refractivity contribution in [3.8, 4) is 5.75 Å². The zero-order valence-corrected chi connectivity index (χ0v) is 22.4. The molecule has 0 spiro atoms. The van der Waals surface area contributed by atoms with E-state index in [1.807, 2.05) is 35.8 Å². The Morgan fingerprint density at radius 1 is 1.03 bits per heavy atom. The van der Waals surface area contributed by atoms with Crippen molar-refractivity contribution in [3.63, 3.8) is 0 Å². The summed E-state index contributed by atoms with van der Waals surface area (Å²) in [6.07, 6.45) is 2.71. The van der Waals surface area contributed by atoms with E-state index in [9.17, 15) is 14.7 Å². The standard InChI is InChI=1S/C28H34Cl2N2O4/c1-19-14-24(15-20(2)26(19)30)36-18-28(16-25(34)31-12-8-23(33)9-13-31)10-3-11-32(17-28)27(35)21-4-6-22(29)7-5-21/h4-7,14-15,23,33H,3,8-13,16-18H2,1-2H3/t28-/m0/s1. The molecule has 2 fully saturated rings. The Morgan fingerprint density at radius 3 is 2.31 bits per heavy atom. The van der Waals surface area contributed by atoms with Crippen molar-refractivity contribution in [2.75, 3.05) is 32.8 Å². The minimum absolute atomic E-state index is 0.0507. The second-order valence-electron chi connectivity index (χ2n) is 10.3. The van der Waals surface area contributed by atoms with Gasteiger partial charge in [-0.1, -0.05) is 23.2 Å². The number of hydrogen-bond acceptors (Lipinski definition) is 4. The number of carbonyl (C=O) groups is 2. The van der Waals surface area contributed by atoms with Gasteiger partial charge >= 0.3 is 0 Å². The maximum atomic E-state index is 13.4. The van der Waals surface area contributed by atoms with Crippen LogP contribution in [0.1, 0.15) is 53.6 Å². The summed E-state index contributed by atoms with van der Waals surface area (Å²) in [5.41, 5.74) is 1.93. The summed E-state index contributed by atoms with van der Waals surface area (Å²) < 4.78 is 6.30. The first kappa shape index (κ1) is 26.8. The molecular formula is C28H34Cl2N2O4. The lowest BCUT2D eigenvalue weighted by Crippen LogP contribution is -2.51. The van der Waals surface area contributed by atoms with Crippen LogP contribution in [0.3, 0.4) is 0 Å². The lowest BCUT2D eigenvalue weighted by atomic mass is 9.77. The Hall–Kier alpha value is -2.28. The largest absolute Gasteiger partial charge is 0.493 e. The number of aliphatic hydroxyl groups excluding tert-OH is 1. The van der Waals surface area contributed by atoms with Crippen LogP contribution in [-0.4, -0.2) is 65.6 Å². The molecule has 0 saturated carbocycles. The molecule has 4 rings (SSSR count). The van der Waals surface area contributed by atoms with Crippen LogP contribution < -0.4 is 4.74 Å². The molecule has 0 unspecified atom stereocenters. The van der Waals surface area contributed by atoms with Crippen LogP contribution in [-0.2, 0) is 4.79 Å². The van der Waals surface area contributed by atoms with Crippen LogP contribution in [0.4, 0.5) is 0 Å². The highest BCUT2D eigenvalue weighted by molar-refractivity contribution is 6.32. The summed E-state index contributed by atoms with van der Waals surface area (Å²) in [6.45, 7) is 6.38. The fourth-order valence-corrected chi connectivity index (χ4v) is 5.48. The topological polar surface area (TPSA) is 70.1 Å². The number of aryl methyl sites for hydroxylation is 2. The molecule has 0 aliphatic carbocycles. The molecule has 2 aliphatic heterocycles. The van der Waals surface area contributed by atoms with Crippen molar-refractivity contribution in [1.82, 2.24) is 9.80 Å². The Bertz CT molecular complexity index is 1080. The number of amides is 2. The van der Waals surface area contributed by atoms with Gasteiger partial charge in [0.1, 0.15) is 5.75 Å². The van der Waals surface area contributed by atoms with Gasteiger partial charge in [-0.15, -0.1) is 0 Å². The van der Waals surface area contributed by atoms with Gasteiger partial charge < -0.3 is 19.6 Å². The monoisotopic (exact) mass is 532 g/mol. The van der Waals surface area contributed by atoms with E-state index in [-0.39, 0.29) is 17.9 Å². The van der Waals surface area contributed by atoms with Gasteiger partial charge in [-0.25, -0.2) is 0 Å². The quantitative estimate of drug-likeness (QED) is 0.548. The normalized spacial score (nSPS) is 20.9. The van der Waals surface area contributed by atoms with Crippen LogP contribution in [0.25, 0.3) is 0 Å². The molecule has 1 atom stereocenters. The molecule has 2 aromatic carbocycles. The first-order chi connectivity index (χ1) is 17.2. The molecule has 2 heterocycles. The summed E-state index contributed by atoms with van der Waals surface area (Å²) in [5.74, 6) is 0.695. The van der Waals surface area contributed by atoms with Crippen molar-refractivity contribution < 1.29 is 19.4 Å². The fraction of sp³-hybridized carbons (Fsp3) is 0.500.